The second-order valence-electron chi connectivity index (χ2n) is 6.41. The Labute approximate surface area is 151 Å². The van der Waals surface area contributed by atoms with Crippen LogP contribution >= 0.6 is 0 Å². The highest BCUT2D eigenvalue weighted by Crippen LogP contribution is 2.24. The molecule has 2 aromatic carbocycles. The summed E-state index contributed by atoms with van der Waals surface area (Å²) in [5, 5.41) is 11.8. The van der Waals surface area contributed by atoms with Gasteiger partial charge in [-0.15, -0.1) is 0 Å². The van der Waals surface area contributed by atoms with Crippen molar-refractivity contribution in [1.29, 1.82) is 0 Å². The first kappa shape index (κ1) is 16.7. The Morgan fingerprint density at radius 1 is 1.23 bits per heavy atom. The average Bonchev–Trinajstić information content (AvgIpc) is 3.03. The smallest absolute Gasteiger partial charge is 0.422 e. The number of nitrogens with zero attached hydrogens (tertiary/aromatic N) is 1. The third-order valence-electron chi connectivity index (χ3n) is 4.73. The van der Waals surface area contributed by atoms with Gasteiger partial charge in [0.25, 0.3) is 0 Å². The minimum absolute atomic E-state index is 0.0559. The van der Waals surface area contributed by atoms with Gasteiger partial charge in [0.1, 0.15) is 5.78 Å². The lowest BCUT2D eigenvalue weighted by atomic mass is 9.78. The van der Waals surface area contributed by atoms with Crippen molar-refractivity contribution in [3.05, 3.63) is 66.0 Å². The van der Waals surface area contributed by atoms with E-state index in [1.54, 1.807) is 18.5 Å². The van der Waals surface area contributed by atoms with Gasteiger partial charge in [-0.2, -0.15) is 0 Å². The Kier molecular flexibility index (Phi) is 4.42. The molecule has 26 heavy (non-hydrogen) atoms. The standard InChI is InChI=1S/C19H18BN3O3/c21-10-16(14-3-4-17-18(9-14)23-26-20(17)25)19(24)8-12-1-2-15-11-22-6-5-13(15)7-12/h1-7,9,11,16,23,25H,8,10,21H2. The molecule has 1 aliphatic heterocycles. The minimum atomic E-state index is -0.988. The first-order chi connectivity index (χ1) is 12.7. The first-order valence-electron chi connectivity index (χ1n) is 8.44. The maximum Gasteiger partial charge on any atom is 0.516 e. The third kappa shape index (κ3) is 3.08. The number of carbonyl (C=O) groups excluding carboxylic acids is 1. The molecule has 1 atom stereocenters. The highest BCUT2D eigenvalue weighted by molar-refractivity contribution is 6.63. The van der Waals surface area contributed by atoms with E-state index >= 15 is 0 Å². The number of pyridine rings is 1. The maximum atomic E-state index is 12.9. The molecule has 4 N–H and O–H groups in total. The lowest BCUT2D eigenvalue weighted by Gasteiger charge is -2.15. The molecule has 1 aliphatic rings. The van der Waals surface area contributed by atoms with Crippen molar-refractivity contribution in [2.24, 2.45) is 5.73 Å². The number of Topliss-reactive ketones (excluding diaryl/α,β-unsaturated/α-hetero) is 1. The number of ketones is 1. The second kappa shape index (κ2) is 6.88. The fourth-order valence-electron chi connectivity index (χ4n) is 3.30. The van der Waals surface area contributed by atoms with Crippen molar-refractivity contribution in [2.75, 3.05) is 12.0 Å². The molecule has 3 aromatic rings. The number of aromatic nitrogens is 1. The molecule has 0 fully saturated rings. The van der Waals surface area contributed by atoms with Gasteiger partial charge in [-0.1, -0.05) is 30.3 Å². The Balaban J connectivity index is 1.57. The van der Waals surface area contributed by atoms with Crippen LogP contribution in [0.5, 0.6) is 0 Å². The van der Waals surface area contributed by atoms with Crippen LogP contribution in [0.15, 0.2) is 54.9 Å². The predicted octanol–water partition coefficient (Wildman–Crippen LogP) is 1.13. The molecule has 1 unspecified atom stereocenters. The van der Waals surface area contributed by atoms with Crippen molar-refractivity contribution < 1.29 is 14.6 Å². The van der Waals surface area contributed by atoms with Gasteiger partial charge in [0.2, 0.25) is 0 Å². The number of carbonyl (C=O) groups is 1. The predicted molar refractivity (Wildman–Crippen MR) is 101 cm³/mol. The van der Waals surface area contributed by atoms with Gasteiger partial charge in [0.05, 0.1) is 11.6 Å². The zero-order valence-corrected chi connectivity index (χ0v) is 14.1. The molecule has 0 bridgehead atoms. The first-order valence-corrected chi connectivity index (χ1v) is 8.44. The summed E-state index contributed by atoms with van der Waals surface area (Å²) < 4.78 is 4.97. The summed E-state index contributed by atoms with van der Waals surface area (Å²) >= 11 is 0. The van der Waals surface area contributed by atoms with E-state index in [2.05, 4.69) is 10.5 Å². The Morgan fingerprint density at radius 2 is 2.12 bits per heavy atom. The SMILES string of the molecule is NCC(C(=O)Cc1ccc2cnccc2c1)c1ccc2c(c1)NOB2O. The van der Waals surface area contributed by atoms with E-state index in [9.17, 15) is 9.82 Å². The molecule has 0 spiro atoms. The Bertz CT molecular complexity index is 979. The van der Waals surface area contributed by atoms with Crippen molar-refractivity contribution in [2.45, 2.75) is 12.3 Å². The van der Waals surface area contributed by atoms with Crippen molar-refractivity contribution in [3.8, 4) is 0 Å². The normalized spacial score (nSPS) is 14.2. The Morgan fingerprint density at radius 3 is 2.96 bits per heavy atom. The van der Waals surface area contributed by atoms with E-state index in [0.29, 0.717) is 17.6 Å². The van der Waals surface area contributed by atoms with Gasteiger partial charge in [-0.05, 0) is 28.6 Å². The van der Waals surface area contributed by atoms with Crippen LogP contribution in [0.1, 0.15) is 17.0 Å². The monoisotopic (exact) mass is 347 g/mol. The summed E-state index contributed by atoms with van der Waals surface area (Å²) in [5.74, 6) is -0.353. The molecule has 6 nitrogen and oxygen atoms in total. The third-order valence-corrected chi connectivity index (χ3v) is 4.73. The fraction of sp³-hybridized carbons (Fsp3) is 0.158. The zero-order valence-electron chi connectivity index (χ0n) is 14.1. The van der Waals surface area contributed by atoms with Crippen LogP contribution in [-0.4, -0.2) is 29.5 Å². The summed E-state index contributed by atoms with van der Waals surface area (Å²) in [5.41, 5.74) is 11.6. The average molecular weight is 347 g/mol. The van der Waals surface area contributed by atoms with Crippen LogP contribution in [0.2, 0.25) is 0 Å². The summed E-state index contributed by atoms with van der Waals surface area (Å²) in [6.45, 7) is 0.221. The lowest BCUT2D eigenvalue weighted by Crippen LogP contribution is -2.28. The summed E-state index contributed by atoms with van der Waals surface area (Å²) in [4.78, 5) is 17.0. The van der Waals surface area contributed by atoms with Crippen molar-refractivity contribution in [1.82, 2.24) is 4.98 Å². The highest BCUT2D eigenvalue weighted by Gasteiger charge is 2.29. The fourth-order valence-corrected chi connectivity index (χ4v) is 3.30. The number of anilines is 1. The molecule has 1 aromatic heterocycles. The van der Waals surface area contributed by atoms with Crippen LogP contribution in [0.3, 0.4) is 0 Å². The molecule has 0 saturated heterocycles. The number of nitrogens with one attached hydrogen (secondary N) is 1. The van der Waals surface area contributed by atoms with E-state index < -0.39 is 13.0 Å². The number of fused-ring (bicyclic) bond motifs is 2. The Hall–Kier alpha value is -2.74. The molecule has 0 aliphatic carbocycles. The van der Waals surface area contributed by atoms with E-state index in [1.165, 1.54) is 0 Å². The van der Waals surface area contributed by atoms with Crippen LogP contribution < -0.4 is 16.7 Å². The van der Waals surface area contributed by atoms with Crippen LogP contribution in [-0.2, 0) is 16.0 Å². The van der Waals surface area contributed by atoms with Crippen LogP contribution in [0.4, 0.5) is 5.69 Å². The van der Waals surface area contributed by atoms with E-state index in [4.69, 9.17) is 10.5 Å². The maximum absolute atomic E-state index is 12.9. The number of nitrogens with two attached hydrogens (primary N) is 1. The molecule has 2 heterocycles. The van der Waals surface area contributed by atoms with Gasteiger partial charge >= 0.3 is 7.12 Å². The molecule has 130 valence electrons. The van der Waals surface area contributed by atoms with E-state index in [1.807, 2.05) is 36.4 Å². The second-order valence-corrected chi connectivity index (χ2v) is 6.41. The van der Waals surface area contributed by atoms with E-state index in [0.717, 1.165) is 21.9 Å². The number of rotatable bonds is 5. The van der Waals surface area contributed by atoms with Gasteiger partial charge in [0, 0.05) is 36.2 Å². The molecular weight excluding hydrogens is 329 g/mol. The van der Waals surface area contributed by atoms with Crippen LogP contribution in [0.25, 0.3) is 10.8 Å². The van der Waals surface area contributed by atoms with Crippen molar-refractivity contribution in [3.63, 3.8) is 0 Å². The number of hydrogen-bond acceptors (Lipinski definition) is 6. The minimum Gasteiger partial charge on any atom is -0.422 e. The molecule has 0 amide bonds. The number of hydrogen-bond donors (Lipinski definition) is 3. The van der Waals surface area contributed by atoms with Gasteiger partial charge in [-0.25, -0.2) is 0 Å². The van der Waals surface area contributed by atoms with Crippen LogP contribution in [0, 0.1) is 0 Å². The lowest BCUT2D eigenvalue weighted by molar-refractivity contribution is -0.119. The highest BCUT2D eigenvalue weighted by atomic mass is 16.7. The van der Waals surface area contributed by atoms with Gasteiger partial charge < -0.3 is 10.8 Å². The molecular formula is C19H18BN3O3. The quantitative estimate of drug-likeness (QED) is 0.599. The zero-order chi connectivity index (χ0) is 18.1. The molecule has 0 saturated carbocycles. The van der Waals surface area contributed by atoms with Crippen molar-refractivity contribution >= 4 is 34.8 Å². The summed E-state index contributed by atoms with van der Waals surface area (Å²) in [6, 6.07) is 13.3. The van der Waals surface area contributed by atoms with Gasteiger partial charge in [0.15, 0.2) is 0 Å². The molecule has 0 radical (unpaired) electrons. The van der Waals surface area contributed by atoms with E-state index in [-0.39, 0.29) is 12.3 Å². The van der Waals surface area contributed by atoms with Gasteiger partial charge in [-0.3, -0.25) is 20.0 Å². The largest absolute Gasteiger partial charge is 0.516 e. The molecule has 7 heteroatoms. The number of benzene rings is 2. The summed E-state index contributed by atoms with van der Waals surface area (Å²) in [6.07, 6.45) is 3.85. The topological polar surface area (TPSA) is 97.5 Å². The molecule has 4 rings (SSSR count). The summed E-state index contributed by atoms with van der Waals surface area (Å²) in [7, 11) is -0.988.